The fourth-order valence-electron chi connectivity index (χ4n) is 1.69. The lowest BCUT2D eigenvalue weighted by Gasteiger charge is -2.11. The molecular formula is C13H16ClNO2. The van der Waals surface area contributed by atoms with Gasteiger partial charge in [-0.15, -0.1) is 0 Å². The summed E-state index contributed by atoms with van der Waals surface area (Å²) in [5, 5.41) is 3.79. The number of halogens is 1. The Kier molecular flexibility index (Phi) is 3.60. The number of fused-ring (bicyclic) bond motifs is 1. The van der Waals surface area contributed by atoms with Gasteiger partial charge in [0.15, 0.2) is 11.5 Å². The van der Waals surface area contributed by atoms with E-state index >= 15 is 0 Å². The second-order valence-electron chi connectivity index (χ2n) is 4.14. The van der Waals surface area contributed by atoms with E-state index in [1.54, 1.807) is 0 Å². The standard InChI is InChI=1S/C13H16ClNO2/c1-8(9(2)15-3)4-10-5-11(14)13-12(6-10)16-7-17-13/h4-6,9,15H,7H2,1-3H3/b8-4+. The van der Waals surface area contributed by atoms with Gasteiger partial charge < -0.3 is 14.8 Å². The van der Waals surface area contributed by atoms with Crippen LogP contribution in [0.25, 0.3) is 6.08 Å². The molecule has 0 fully saturated rings. The predicted molar refractivity (Wildman–Crippen MR) is 69.7 cm³/mol. The Morgan fingerprint density at radius 1 is 1.47 bits per heavy atom. The molecule has 1 N–H and O–H groups in total. The highest BCUT2D eigenvalue weighted by Crippen LogP contribution is 2.40. The van der Waals surface area contributed by atoms with Gasteiger partial charge in [0, 0.05) is 6.04 Å². The lowest BCUT2D eigenvalue weighted by atomic mass is 10.1. The lowest BCUT2D eigenvalue weighted by molar-refractivity contribution is 0.174. The summed E-state index contributed by atoms with van der Waals surface area (Å²) < 4.78 is 10.6. The van der Waals surface area contributed by atoms with E-state index in [1.807, 2.05) is 19.2 Å². The van der Waals surface area contributed by atoms with Gasteiger partial charge in [0.2, 0.25) is 6.79 Å². The Balaban J connectivity index is 2.32. The molecule has 1 unspecified atom stereocenters. The first-order valence-corrected chi connectivity index (χ1v) is 5.94. The van der Waals surface area contributed by atoms with Crippen LogP contribution in [0.3, 0.4) is 0 Å². The van der Waals surface area contributed by atoms with Crippen LogP contribution in [0.1, 0.15) is 19.4 Å². The summed E-state index contributed by atoms with van der Waals surface area (Å²) >= 11 is 6.12. The quantitative estimate of drug-likeness (QED) is 0.898. The number of likely N-dealkylation sites (N-methyl/N-ethyl adjacent to an activating group) is 1. The molecule has 4 heteroatoms. The van der Waals surface area contributed by atoms with Crippen LogP contribution in [0, 0.1) is 0 Å². The van der Waals surface area contributed by atoms with Crippen LogP contribution < -0.4 is 14.8 Å². The fourth-order valence-corrected chi connectivity index (χ4v) is 1.96. The molecule has 0 saturated carbocycles. The molecule has 0 amide bonds. The summed E-state index contributed by atoms with van der Waals surface area (Å²) in [6, 6.07) is 4.17. The summed E-state index contributed by atoms with van der Waals surface area (Å²) in [4.78, 5) is 0. The Morgan fingerprint density at radius 3 is 2.94 bits per heavy atom. The smallest absolute Gasteiger partial charge is 0.231 e. The minimum absolute atomic E-state index is 0.244. The first kappa shape index (κ1) is 12.3. The molecule has 1 aliphatic heterocycles. The van der Waals surface area contributed by atoms with Gasteiger partial charge in [-0.3, -0.25) is 0 Å². The third-order valence-corrected chi connectivity index (χ3v) is 3.24. The molecule has 0 bridgehead atoms. The molecule has 1 aromatic carbocycles. The zero-order valence-electron chi connectivity index (χ0n) is 10.2. The van der Waals surface area contributed by atoms with Crippen molar-refractivity contribution in [2.75, 3.05) is 13.8 Å². The van der Waals surface area contributed by atoms with Crippen LogP contribution >= 0.6 is 11.6 Å². The van der Waals surface area contributed by atoms with Crippen molar-refractivity contribution in [1.29, 1.82) is 0 Å². The predicted octanol–water partition coefficient (Wildman–Crippen LogP) is 3.08. The monoisotopic (exact) mass is 253 g/mol. The summed E-state index contributed by atoms with van der Waals surface area (Å²) in [6.07, 6.45) is 2.09. The molecule has 0 aromatic heterocycles. The highest BCUT2D eigenvalue weighted by Gasteiger charge is 2.17. The van der Waals surface area contributed by atoms with Crippen LogP contribution in [0.5, 0.6) is 11.5 Å². The van der Waals surface area contributed by atoms with Crippen molar-refractivity contribution in [3.05, 3.63) is 28.3 Å². The first-order chi connectivity index (χ1) is 8.11. The largest absolute Gasteiger partial charge is 0.454 e. The molecule has 0 radical (unpaired) electrons. The highest BCUT2D eigenvalue weighted by molar-refractivity contribution is 6.32. The van der Waals surface area contributed by atoms with Crippen molar-refractivity contribution in [2.24, 2.45) is 0 Å². The van der Waals surface area contributed by atoms with Crippen molar-refractivity contribution < 1.29 is 9.47 Å². The van der Waals surface area contributed by atoms with E-state index in [2.05, 4.69) is 25.2 Å². The van der Waals surface area contributed by atoms with E-state index in [0.717, 1.165) is 5.56 Å². The topological polar surface area (TPSA) is 30.5 Å². The third-order valence-electron chi connectivity index (χ3n) is 2.96. The SMILES string of the molecule is CNC(C)/C(C)=C/c1cc(Cl)c2c(c1)OCO2. The van der Waals surface area contributed by atoms with Gasteiger partial charge in [-0.2, -0.15) is 0 Å². The van der Waals surface area contributed by atoms with Crippen LogP contribution in [0.15, 0.2) is 17.7 Å². The Bertz CT molecular complexity index is 457. The van der Waals surface area contributed by atoms with Crippen molar-refractivity contribution in [3.63, 3.8) is 0 Å². The van der Waals surface area contributed by atoms with E-state index in [9.17, 15) is 0 Å². The maximum absolute atomic E-state index is 6.12. The van der Waals surface area contributed by atoms with Crippen LogP contribution in [-0.4, -0.2) is 19.9 Å². The highest BCUT2D eigenvalue weighted by atomic mass is 35.5. The normalized spacial score (nSPS) is 16.1. The van der Waals surface area contributed by atoms with Gasteiger partial charge in [-0.1, -0.05) is 23.3 Å². The molecule has 2 rings (SSSR count). The average molecular weight is 254 g/mol. The zero-order valence-corrected chi connectivity index (χ0v) is 11.0. The third kappa shape index (κ3) is 2.56. The van der Waals surface area contributed by atoms with E-state index < -0.39 is 0 Å². The Morgan fingerprint density at radius 2 is 2.24 bits per heavy atom. The molecular weight excluding hydrogens is 238 g/mol. The summed E-state index contributed by atoms with van der Waals surface area (Å²) in [5.41, 5.74) is 2.27. The summed E-state index contributed by atoms with van der Waals surface area (Å²) in [6.45, 7) is 4.44. The van der Waals surface area contributed by atoms with Crippen LogP contribution in [-0.2, 0) is 0 Å². The van der Waals surface area contributed by atoms with Gasteiger partial charge in [0.1, 0.15) is 0 Å². The molecule has 92 valence electrons. The van der Waals surface area contributed by atoms with Crippen LogP contribution in [0.2, 0.25) is 5.02 Å². The van der Waals surface area contributed by atoms with Crippen molar-refractivity contribution >= 4 is 17.7 Å². The maximum Gasteiger partial charge on any atom is 0.231 e. The maximum atomic E-state index is 6.12. The van der Waals surface area contributed by atoms with Crippen molar-refractivity contribution in [3.8, 4) is 11.5 Å². The van der Waals surface area contributed by atoms with Gasteiger partial charge >= 0.3 is 0 Å². The molecule has 0 aliphatic carbocycles. The number of hydrogen-bond donors (Lipinski definition) is 1. The number of nitrogens with one attached hydrogen (secondary N) is 1. The van der Waals surface area contributed by atoms with Crippen molar-refractivity contribution in [2.45, 2.75) is 19.9 Å². The van der Waals surface area contributed by atoms with E-state index in [1.165, 1.54) is 5.57 Å². The molecule has 3 nitrogen and oxygen atoms in total. The summed E-state index contributed by atoms with van der Waals surface area (Å²) in [7, 11) is 1.94. The van der Waals surface area contributed by atoms with Gasteiger partial charge in [0.25, 0.3) is 0 Å². The van der Waals surface area contributed by atoms with E-state index in [-0.39, 0.29) is 6.79 Å². The van der Waals surface area contributed by atoms with E-state index in [4.69, 9.17) is 21.1 Å². The summed E-state index contributed by atoms with van der Waals surface area (Å²) in [5.74, 6) is 1.36. The molecule has 17 heavy (non-hydrogen) atoms. The van der Waals surface area contributed by atoms with Crippen LogP contribution in [0.4, 0.5) is 0 Å². The molecule has 0 saturated heterocycles. The Hall–Kier alpha value is -1.19. The number of benzene rings is 1. The molecule has 1 aromatic rings. The van der Waals surface area contributed by atoms with Crippen molar-refractivity contribution in [1.82, 2.24) is 5.32 Å². The fraction of sp³-hybridized carbons (Fsp3) is 0.385. The van der Waals surface area contributed by atoms with E-state index in [0.29, 0.717) is 22.6 Å². The molecule has 1 heterocycles. The van der Waals surface area contributed by atoms with Gasteiger partial charge in [-0.05, 0) is 38.6 Å². The Labute approximate surface area is 106 Å². The minimum atomic E-state index is 0.244. The molecule has 1 atom stereocenters. The second kappa shape index (κ2) is 4.98. The number of ether oxygens (including phenoxy) is 2. The second-order valence-corrected chi connectivity index (χ2v) is 4.54. The van der Waals surface area contributed by atoms with Gasteiger partial charge in [0.05, 0.1) is 5.02 Å². The number of rotatable bonds is 3. The molecule has 0 spiro atoms. The lowest BCUT2D eigenvalue weighted by Crippen LogP contribution is -2.21. The zero-order chi connectivity index (χ0) is 12.4. The number of hydrogen-bond acceptors (Lipinski definition) is 3. The molecule has 1 aliphatic rings. The van der Waals surface area contributed by atoms with Gasteiger partial charge in [-0.25, -0.2) is 0 Å². The minimum Gasteiger partial charge on any atom is -0.454 e. The average Bonchev–Trinajstić information content (AvgIpc) is 2.76. The first-order valence-electron chi connectivity index (χ1n) is 5.56.